The lowest BCUT2D eigenvalue weighted by Crippen LogP contribution is -2.13. The number of aliphatic imine (C=N–C) groups is 2. The van der Waals surface area contributed by atoms with Crippen LogP contribution in [0, 0.1) is 0 Å². The lowest BCUT2D eigenvalue weighted by Gasteiger charge is -2.22. The molecule has 2 aromatic heterocycles. The first-order valence-corrected chi connectivity index (χ1v) is 29.5. The number of rotatable bonds is 16. The summed E-state index contributed by atoms with van der Waals surface area (Å²) in [6, 6.07) is 76.0. The van der Waals surface area contributed by atoms with E-state index in [9.17, 15) is 0 Å². The maximum Gasteiger partial charge on any atom is 0.164 e. The SMILES string of the molecule is C=N/C(=N\C(=C/c1ccccc1)c1ccccc1)c1cc(-c2nc(-c3cc(CCCC)cc(C(C)(C)C)c3)nc(-c3cc(CCCC)cc(C(C)(C)C)c3)n2)ccc1-n1c2ccc(-c3ccccc3)cc2c2cc(-c3ccccc3)ccc21. The molecule has 83 heavy (non-hydrogen) atoms. The highest BCUT2D eigenvalue weighted by atomic mass is 15.0. The van der Waals surface area contributed by atoms with Gasteiger partial charge in [-0.25, -0.2) is 24.9 Å². The summed E-state index contributed by atoms with van der Waals surface area (Å²) in [4.78, 5) is 27.0. The lowest BCUT2D eigenvalue weighted by molar-refractivity contribution is 0.589. The molecule has 0 aliphatic carbocycles. The van der Waals surface area contributed by atoms with Crippen molar-refractivity contribution < 1.29 is 0 Å². The number of hydrogen-bond donors (Lipinski definition) is 0. The Morgan fingerprint density at radius 3 is 1.36 bits per heavy atom. The lowest BCUT2D eigenvalue weighted by atomic mass is 9.84. The van der Waals surface area contributed by atoms with Crippen molar-refractivity contribution in [2.45, 2.75) is 105 Å². The number of fused-ring (bicyclic) bond motifs is 3. The van der Waals surface area contributed by atoms with Crippen molar-refractivity contribution in [2.24, 2.45) is 9.98 Å². The van der Waals surface area contributed by atoms with Crippen LogP contribution in [0.1, 0.15) is 120 Å². The zero-order valence-corrected chi connectivity index (χ0v) is 49.4. The van der Waals surface area contributed by atoms with Crippen molar-refractivity contribution in [1.29, 1.82) is 0 Å². The molecule has 0 spiro atoms. The average Bonchev–Trinajstić information content (AvgIpc) is 4.12. The molecule has 0 bridgehead atoms. The molecule has 0 N–H and O–H groups in total. The van der Waals surface area contributed by atoms with E-state index in [1.165, 1.54) is 22.3 Å². The number of aromatic nitrogens is 4. The van der Waals surface area contributed by atoms with Gasteiger partial charge in [0.05, 0.1) is 22.4 Å². The monoisotopic (exact) mass is 1080 g/mol. The molecular weight excluding hydrogens is 1010 g/mol. The molecule has 6 nitrogen and oxygen atoms in total. The van der Waals surface area contributed by atoms with Gasteiger partial charge in [-0.05, 0) is 166 Å². The number of aryl methyl sites for hydroxylation is 2. The fourth-order valence-electron chi connectivity index (χ4n) is 11.1. The molecule has 0 aliphatic heterocycles. The maximum absolute atomic E-state index is 5.55. The van der Waals surface area contributed by atoms with E-state index in [-0.39, 0.29) is 10.8 Å². The van der Waals surface area contributed by atoms with E-state index >= 15 is 0 Å². The van der Waals surface area contributed by atoms with E-state index in [1.807, 2.05) is 24.3 Å². The topological polar surface area (TPSA) is 68.3 Å². The van der Waals surface area contributed by atoms with Crippen LogP contribution in [0.4, 0.5) is 0 Å². The average molecular weight is 1080 g/mol. The van der Waals surface area contributed by atoms with Gasteiger partial charge in [-0.1, -0.05) is 214 Å². The maximum atomic E-state index is 5.55. The van der Waals surface area contributed by atoms with Gasteiger partial charge in [0.15, 0.2) is 23.3 Å². The minimum absolute atomic E-state index is 0.102. The molecule has 0 fully saturated rings. The number of hydrogen-bond acceptors (Lipinski definition) is 4. The molecule has 0 aliphatic rings. The van der Waals surface area contributed by atoms with Crippen LogP contribution in [0.25, 0.3) is 95.7 Å². The molecule has 9 aromatic carbocycles. The van der Waals surface area contributed by atoms with Crippen LogP contribution < -0.4 is 0 Å². The third-order valence-corrected chi connectivity index (χ3v) is 15.8. The molecule has 11 aromatic rings. The molecule has 0 saturated carbocycles. The number of unbranched alkanes of at least 4 members (excludes halogenated alkanes) is 2. The number of amidine groups is 1. The summed E-state index contributed by atoms with van der Waals surface area (Å²) in [6.45, 7) is 22.5. The standard InChI is InChI=1S/C77H74N6/c1-10-12-26-53-42-61(47-63(44-53)76(3,4)5)73-80-72(81-74(82-73)62-43-54(27-13-11-2)45-64(48-62)77(6,7)8)60-38-41-71(67(51-60)75(78-9)79-68(57-34-24-17-25-35-57)46-52-28-18-14-19-29-52)83-69-39-36-58(55-30-20-15-21-31-55)49-65(69)66-50-59(37-40-70(66)83)56-32-22-16-23-33-56/h14-25,28-51H,9-13,26-27H2,1-8H3/b68-46-,79-75-. The van der Waals surface area contributed by atoms with Gasteiger partial charge in [-0.3, -0.25) is 0 Å². The predicted octanol–water partition coefficient (Wildman–Crippen LogP) is 20.2. The van der Waals surface area contributed by atoms with Gasteiger partial charge in [-0.15, -0.1) is 0 Å². The van der Waals surface area contributed by atoms with Crippen LogP contribution in [0.3, 0.4) is 0 Å². The van der Waals surface area contributed by atoms with Crippen LogP contribution >= 0.6 is 0 Å². The summed E-state index contributed by atoms with van der Waals surface area (Å²) in [7, 11) is 0. The van der Waals surface area contributed by atoms with E-state index in [4.69, 9.17) is 24.9 Å². The molecule has 0 saturated heterocycles. The van der Waals surface area contributed by atoms with Crippen LogP contribution in [-0.4, -0.2) is 32.1 Å². The van der Waals surface area contributed by atoms with E-state index in [2.05, 4.69) is 261 Å². The summed E-state index contributed by atoms with van der Waals surface area (Å²) in [5.41, 5.74) is 18.7. The van der Waals surface area contributed by atoms with Crippen LogP contribution in [-0.2, 0) is 23.7 Å². The predicted molar refractivity (Wildman–Crippen MR) is 353 cm³/mol. The first-order chi connectivity index (χ1) is 40.2. The van der Waals surface area contributed by atoms with E-state index in [0.717, 1.165) is 127 Å². The second-order valence-corrected chi connectivity index (χ2v) is 24.0. The third kappa shape index (κ3) is 12.4. The number of nitrogens with zero attached hydrogens (tertiary/aromatic N) is 6. The molecule has 0 radical (unpaired) electrons. The smallest absolute Gasteiger partial charge is 0.164 e. The Hall–Kier alpha value is -9.13. The van der Waals surface area contributed by atoms with Gasteiger partial charge in [-0.2, -0.15) is 0 Å². The summed E-state index contributed by atoms with van der Waals surface area (Å²) in [6.07, 6.45) is 8.47. The van der Waals surface area contributed by atoms with Crippen molar-refractivity contribution in [2.75, 3.05) is 0 Å². The fourth-order valence-corrected chi connectivity index (χ4v) is 11.1. The Bertz CT molecular complexity index is 3990. The van der Waals surface area contributed by atoms with E-state index in [0.29, 0.717) is 23.3 Å². The highest BCUT2D eigenvalue weighted by Crippen LogP contribution is 2.40. The normalized spacial score (nSPS) is 12.3. The second-order valence-electron chi connectivity index (χ2n) is 24.0. The molecule has 6 heteroatoms. The first-order valence-electron chi connectivity index (χ1n) is 29.5. The molecular formula is C77H74N6. The first kappa shape index (κ1) is 55.8. The summed E-state index contributed by atoms with van der Waals surface area (Å²) in [5.74, 6) is 2.28. The van der Waals surface area contributed by atoms with E-state index < -0.39 is 0 Å². The highest BCUT2D eigenvalue weighted by molar-refractivity contribution is 6.14. The van der Waals surface area contributed by atoms with Crippen molar-refractivity contribution in [3.63, 3.8) is 0 Å². The quantitative estimate of drug-likeness (QED) is 0.0550. The molecule has 412 valence electrons. The van der Waals surface area contributed by atoms with Gasteiger partial charge < -0.3 is 4.57 Å². The Morgan fingerprint density at radius 1 is 0.458 bits per heavy atom. The van der Waals surface area contributed by atoms with Crippen LogP contribution in [0.2, 0.25) is 0 Å². The van der Waals surface area contributed by atoms with E-state index in [1.54, 1.807) is 0 Å². The van der Waals surface area contributed by atoms with Crippen LogP contribution in [0.15, 0.2) is 222 Å². The van der Waals surface area contributed by atoms with Crippen LogP contribution in [0.5, 0.6) is 0 Å². The summed E-state index contributed by atoms with van der Waals surface area (Å²) >= 11 is 0. The van der Waals surface area contributed by atoms with Gasteiger partial charge in [0.25, 0.3) is 0 Å². The van der Waals surface area contributed by atoms with Crippen molar-refractivity contribution in [3.8, 4) is 62.1 Å². The molecule has 0 atom stereocenters. The minimum Gasteiger partial charge on any atom is -0.308 e. The van der Waals surface area contributed by atoms with Crippen molar-refractivity contribution in [1.82, 2.24) is 19.5 Å². The van der Waals surface area contributed by atoms with Gasteiger partial charge in [0.1, 0.15) is 0 Å². The number of benzene rings is 9. The minimum atomic E-state index is -0.102. The van der Waals surface area contributed by atoms with Gasteiger partial charge in [0, 0.05) is 38.6 Å². The Labute approximate surface area is 491 Å². The summed E-state index contributed by atoms with van der Waals surface area (Å²) in [5, 5.41) is 2.26. The molecule has 0 unspecified atom stereocenters. The Morgan fingerprint density at radius 2 is 0.904 bits per heavy atom. The van der Waals surface area contributed by atoms with Gasteiger partial charge >= 0.3 is 0 Å². The zero-order valence-electron chi connectivity index (χ0n) is 49.4. The Balaban J connectivity index is 1.21. The molecule has 2 heterocycles. The molecule has 11 rings (SSSR count). The summed E-state index contributed by atoms with van der Waals surface area (Å²) < 4.78 is 2.37. The largest absolute Gasteiger partial charge is 0.308 e. The second kappa shape index (κ2) is 24.1. The van der Waals surface area contributed by atoms with Gasteiger partial charge in [0.2, 0.25) is 0 Å². The van der Waals surface area contributed by atoms with Crippen molar-refractivity contribution in [3.05, 3.63) is 251 Å². The zero-order chi connectivity index (χ0) is 57.7. The highest BCUT2D eigenvalue weighted by Gasteiger charge is 2.24. The molecule has 0 amide bonds. The van der Waals surface area contributed by atoms with Crippen molar-refractivity contribution >= 4 is 46.1 Å². The fraction of sp³-hybridized carbons (Fsp3) is 0.208. The Kier molecular flexibility index (Phi) is 16.2. The third-order valence-electron chi connectivity index (χ3n) is 15.8.